The van der Waals surface area contributed by atoms with Crippen LogP contribution in [0.15, 0.2) is 0 Å². The lowest BCUT2D eigenvalue weighted by Gasteiger charge is -2.32. The minimum absolute atomic E-state index is 0.445. The highest BCUT2D eigenvalue weighted by atomic mass is 16.5. The molecule has 2 heterocycles. The molecule has 3 heteroatoms. The van der Waals surface area contributed by atoms with Crippen molar-refractivity contribution in [2.75, 3.05) is 26.2 Å². The van der Waals surface area contributed by atoms with Crippen LogP contribution in [0.5, 0.6) is 0 Å². The molecule has 2 aliphatic rings. The Labute approximate surface area is 112 Å². The van der Waals surface area contributed by atoms with Crippen molar-refractivity contribution in [3.05, 3.63) is 0 Å². The predicted molar refractivity (Wildman–Crippen MR) is 75.9 cm³/mol. The van der Waals surface area contributed by atoms with Crippen LogP contribution >= 0.6 is 0 Å². The summed E-state index contributed by atoms with van der Waals surface area (Å²) in [6.07, 6.45) is 6.14. The second-order valence-electron chi connectivity index (χ2n) is 6.50. The summed E-state index contributed by atoms with van der Waals surface area (Å²) in [6.45, 7) is 11.5. The van der Waals surface area contributed by atoms with Crippen LogP contribution in [-0.2, 0) is 4.74 Å². The average Bonchev–Trinajstić information content (AvgIpc) is 2.77. The average molecular weight is 254 g/mol. The number of nitrogens with one attached hydrogen (secondary N) is 1. The van der Waals surface area contributed by atoms with Crippen molar-refractivity contribution in [1.29, 1.82) is 0 Å². The minimum atomic E-state index is 0.445. The van der Waals surface area contributed by atoms with Crippen LogP contribution in [0.1, 0.15) is 46.5 Å². The molecular formula is C15H30N2O. The fourth-order valence-corrected chi connectivity index (χ4v) is 2.96. The van der Waals surface area contributed by atoms with E-state index >= 15 is 0 Å². The normalized spacial score (nSPS) is 31.3. The summed E-state index contributed by atoms with van der Waals surface area (Å²) >= 11 is 0. The Balaban J connectivity index is 1.63. The Morgan fingerprint density at radius 3 is 2.44 bits per heavy atom. The van der Waals surface area contributed by atoms with E-state index in [0.717, 1.165) is 19.0 Å². The molecule has 2 unspecified atom stereocenters. The van der Waals surface area contributed by atoms with Gasteiger partial charge in [0.2, 0.25) is 0 Å². The molecule has 0 spiro atoms. The van der Waals surface area contributed by atoms with Crippen LogP contribution in [0.4, 0.5) is 0 Å². The summed E-state index contributed by atoms with van der Waals surface area (Å²) in [5, 5.41) is 3.48. The highest BCUT2D eigenvalue weighted by Crippen LogP contribution is 2.22. The lowest BCUT2D eigenvalue weighted by atomic mass is 9.99. The van der Waals surface area contributed by atoms with Crippen LogP contribution in [0.25, 0.3) is 0 Å². The van der Waals surface area contributed by atoms with E-state index < -0.39 is 0 Å². The van der Waals surface area contributed by atoms with Gasteiger partial charge in [-0.1, -0.05) is 20.8 Å². The molecule has 0 amide bonds. The third kappa shape index (κ3) is 4.52. The minimum Gasteiger partial charge on any atom is -0.372 e. The van der Waals surface area contributed by atoms with Crippen molar-refractivity contribution in [2.45, 2.75) is 64.7 Å². The summed E-state index contributed by atoms with van der Waals surface area (Å²) in [5.41, 5.74) is 0. The standard InChI is InChI=1S/C15H30N2O/c1-12(2)16-10-14-4-5-15(18-14)11-17-8-6-13(3)7-9-17/h12-16H,4-11H2,1-3H3. The SMILES string of the molecule is CC1CCN(CC2CCC(CNC(C)C)O2)CC1. The fraction of sp³-hybridized carbons (Fsp3) is 1.00. The monoisotopic (exact) mass is 254 g/mol. The molecule has 0 aliphatic carbocycles. The van der Waals surface area contributed by atoms with Crippen LogP contribution < -0.4 is 5.32 Å². The van der Waals surface area contributed by atoms with Gasteiger partial charge in [-0.05, 0) is 44.7 Å². The fourth-order valence-electron chi connectivity index (χ4n) is 2.96. The first-order chi connectivity index (χ1) is 8.63. The number of hydrogen-bond donors (Lipinski definition) is 1. The van der Waals surface area contributed by atoms with Crippen molar-refractivity contribution < 1.29 is 4.74 Å². The quantitative estimate of drug-likeness (QED) is 0.814. The Morgan fingerprint density at radius 1 is 1.11 bits per heavy atom. The highest BCUT2D eigenvalue weighted by Gasteiger charge is 2.27. The molecule has 1 N–H and O–H groups in total. The van der Waals surface area contributed by atoms with E-state index in [9.17, 15) is 0 Å². The van der Waals surface area contributed by atoms with Gasteiger partial charge in [-0.2, -0.15) is 0 Å². The summed E-state index contributed by atoms with van der Waals surface area (Å²) in [4.78, 5) is 2.60. The van der Waals surface area contributed by atoms with E-state index in [4.69, 9.17) is 4.74 Å². The predicted octanol–water partition coefficient (Wildman–Crippen LogP) is 2.26. The van der Waals surface area contributed by atoms with E-state index in [0.29, 0.717) is 18.2 Å². The van der Waals surface area contributed by atoms with Gasteiger partial charge in [0.1, 0.15) is 0 Å². The molecule has 0 aromatic heterocycles. The molecule has 0 saturated carbocycles. The molecule has 0 bridgehead atoms. The Bertz CT molecular complexity index is 237. The van der Waals surface area contributed by atoms with Crippen molar-refractivity contribution in [3.8, 4) is 0 Å². The maximum Gasteiger partial charge on any atom is 0.0707 e. The van der Waals surface area contributed by atoms with E-state index in [-0.39, 0.29) is 0 Å². The lowest BCUT2D eigenvalue weighted by Crippen LogP contribution is -2.39. The van der Waals surface area contributed by atoms with Crippen molar-refractivity contribution in [1.82, 2.24) is 10.2 Å². The lowest BCUT2D eigenvalue weighted by molar-refractivity contribution is 0.0166. The van der Waals surface area contributed by atoms with E-state index in [1.54, 1.807) is 0 Å². The number of hydrogen-bond acceptors (Lipinski definition) is 3. The zero-order chi connectivity index (χ0) is 13.0. The van der Waals surface area contributed by atoms with Gasteiger partial charge in [0.05, 0.1) is 12.2 Å². The molecule has 0 aromatic rings. The Morgan fingerprint density at radius 2 is 1.78 bits per heavy atom. The van der Waals surface area contributed by atoms with Crippen molar-refractivity contribution in [2.24, 2.45) is 5.92 Å². The van der Waals surface area contributed by atoms with E-state index in [2.05, 4.69) is 31.0 Å². The molecule has 106 valence electrons. The molecule has 0 radical (unpaired) electrons. The second-order valence-corrected chi connectivity index (χ2v) is 6.50. The third-order valence-electron chi connectivity index (χ3n) is 4.29. The molecule has 18 heavy (non-hydrogen) atoms. The number of nitrogens with zero attached hydrogens (tertiary/aromatic N) is 1. The molecular weight excluding hydrogens is 224 g/mol. The van der Waals surface area contributed by atoms with Gasteiger partial charge < -0.3 is 15.0 Å². The van der Waals surface area contributed by atoms with E-state index in [1.807, 2.05) is 0 Å². The number of likely N-dealkylation sites (tertiary alicyclic amines) is 1. The Hall–Kier alpha value is -0.120. The number of rotatable bonds is 5. The molecule has 2 rings (SSSR count). The molecule has 0 aromatic carbocycles. The van der Waals surface area contributed by atoms with Gasteiger partial charge in [0, 0.05) is 19.1 Å². The maximum absolute atomic E-state index is 6.14. The van der Waals surface area contributed by atoms with Gasteiger partial charge in [-0.3, -0.25) is 0 Å². The zero-order valence-corrected chi connectivity index (χ0v) is 12.3. The first-order valence-corrected chi connectivity index (χ1v) is 7.74. The zero-order valence-electron chi connectivity index (χ0n) is 12.3. The topological polar surface area (TPSA) is 24.5 Å². The van der Waals surface area contributed by atoms with Gasteiger partial charge in [-0.15, -0.1) is 0 Å². The number of piperidine rings is 1. The van der Waals surface area contributed by atoms with Gasteiger partial charge >= 0.3 is 0 Å². The summed E-state index contributed by atoms with van der Waals surface area (Å²) < 4.78 is 6.14. The third-order valence-corrected chi connectivity index (χ3v) is 4.29. The van der Waals surface area contributed by atoms with Crippen LogP contribution in [0.3, 0.4) is 0 Å². The first-order valence-electron chi connectivity index (χ1n) is 7.74. The molecule has 2 saturated heterocycles. The summed E-state index contributed by atoms with van der Waals surface area (Å²) in [7, 11) is 0. The first kappa shape index (κ1) is 14.3. The van der Waals surface area contributed by atoms with Gasteiger partial charge in [0.15, 0.2) is 0 Å². The maximum atomic E-state index is 6.14. The second kappa shape index (κ2) is 6.88. The van der Waals surface area contributed by atoms with Crippen LogP contribution in [0, 0.1) is 5.92 Å². The largest absolute Gasteiger partial charge is 0.372 e. The highest BCUT2D eigenvalue weighted by molar-refractivity contribution is 4.80. The molecule has 2 fully saturated rings. The molecule has 3 nitrogen and oxygen atoms in total. The smallest absolute Gasteiger partial charge is 0.0707 e. The summed E-state index contributed by atoms with van der Waals surface area (Å²) in [5.74, 6) is 0.925. The Kier molecular flexibility index (Phi) is 5.46. The molecule has 2 aliphatic heterocycles. The van der Waals surface area contributed by atoms with Gasteiger partial charge in [-0.25, -0.2) is 0 Å². The van der Waals surface area contributed by atoms with E-state index in [1.165, 1.54) is 38.8 Å². The van der Waals surface area contributed by atoms with Crippen molar-refractivity contribution >= 4 is 0 Å². The summed E-state index contributed by atoms with van der Waals surface area (Å²) in [6, 6.07) is 0.566. The number of ether oxygens (including phenoxy) is 1. The van der Waals surface area contributed by atoms with Crippen LogP contribution in [-0.4, -0.2) is 49.3 Å². The van der Waals surface area contributed by atoms with Crippen LogP contribution in [0.2, 0.25) is 0 Å². The molecule has 2 atom stereocenters. The van der Waals surface area contributed by atoms with Crippen molar-refractivity contribution in [3.63, 3.8) is 0 Å². The van der Waals surface area contributed by atoms with Gasteiger partial charge in [0.25, 0.3) is 0 Å².